The molecule has 2 aliphatic rings. The first kappa shape index (κ1) is 10.3. The Morgan fingerprint density at radius 2 is 2.06 bits per heavy atom. The van der Waals surface area contributed by atoms with E-state index in [1.807, 2.05) is 0 Å². The lowest BCUT2D eigenvalue weighted by Crippen LogP contribution is -2.43. The van der Waals surface area contributed by atoms with E-state index in [-0.39, 0.29) is 0 Å². The first-order chi connectivity index (χ1) is 7.77. The van der Waals surface area contributed by atoms with Gasteiger partial charge in [-0.15, -0.1) is 0 Å². The molecule has 0 radical (unpaired) electrons. The van der Waals surface area contributed by atoms with E-state index in [1.165, 1.54) is 17.7 Å². The maximum atomic E-state index is 10.5. The van der Waals surface area contributed by atoms with Gasteiger partial charge < -0.3 is 10.4 Å². The van der Waals surface area contributed by atoms with Crippen LogP contribution in [0.4, 0.5) is 0 Å². The van der Waals surface area contributed by atoms with Crippen LogP contribution in [0.3, 0.4) is 0 Å². The lowest BCUT2D eigenvalue weighted by molar-refractivity contribution is 0.00984. The number of aromatic nitrogens is 2. The lowest BCUT2D eigenvalue weighted by Gasteiger charge is -2.32. The highest BCUT2D eigenvalue weighted by Gasteiger charge is 2.32. The summed E-state index contributed by atoms with van der Waals surface area (Å²) >= 11 is 0. The third kappa shape index (κ3) is 1.76. The predicted octanol–water partition coefficient (Wildman–Crippen LogP) is 0.555. The Morgan fingerprint density at radius 3 is 2.88 bits per heavy atom. The summed E-state index contributed by atoms with van der Waals surface area (Å²) in [5.41, 5.74) is 3.26. The highest BCUT2D eigenvalue weighted by molar-refractivity contribution is 5.30. The fourth-order valence-electron chi connectivity index (χ4n) is 2.91. The monoisotopic (exact) mass is 221 g/mol. The number of rotatable bonds is 2. The molecule has 0 amide bonds. The summed E-state index contributed by atoms with van der Waals surface area (Å²) in [7, 11) is 0. The SMILES string of the molecule is OC1(Cc2n[nH]c3c2CCC3)CCNCC1. The van der Waals surface area contributed by atoms with Gasteiger partial charge in [0, 0.05) is 12.1 Å². The third-order valence-corrected chi connectivity index (χ3v) is 3.92. The van der Waals surface area contributed by atoms with Crippen molar-refractivity contribution in [3.63, 3.8) is 0 Å². The molecule has 0 aromatic carbocycles. The number of nitrogens with zero attached hydrogens (tertiary/aromatic N) is 1. The van der Waals surface area contributed by atoms with Crippen molar-refractivity contribution >= 4 is 0 Å². The molecule has 1 fully saturated rings. The molecule has 88 valence electrons. The molecule has 4 heteroatoms. The van der Waals surface area contributed by atoms with Crippen molar-refractivity contribution in [2.45, 2.75) is 44.1 Å². The number of hydrogen-bond donors (Lipinski definition) is 3. The van der Waals surface area contributed by atoms with Crippen molar-refractivity contribution in [2.75, 3.05) is 13.1 Å². The Hall–Kier alpha value is -0.870. The molecule has 1 aliphatic heterocycles. The topological polar surface area (TPSA) is 60.9 Å². The highest BCUT2D eigenvalue weighted by atomic mass is 16.3. The van der Waals surface area contributed by atoms with Crippen LogP contribution in [0.15, 0.2) is 0 Å². The molecule has 0 atom stereocenters. The van der Waals surface area contributed by atoms with Crippen molar-refractivity contribution in [2.24, 2.45) is 0 Å². The Bertz CT molecular complexity index is 380. The quantitative estimate of drug-likeness (QED) is 0.683. The molecule has 0 saturated carbocycles. The fourth-order valence-corrected chi connectivity index (χ4v) is 2.91. The van der Waals surface area contributed by atoms with Crippen LogP contribution in [0, 0.1) is 0 Å². The summed E-state index contributed by atoms with van der Waals surface area (Å²) < 4.78 is 0. The van der Waals surface area contributed by atoms with Gasteiger partial charge in [-0.25, -0.2) is 0 Å². The second-order valence-electron chi connectivity index (χ2n) is 5.13. The zero-order valence-corrected chi connectivity index (χ0v) is 9.55. The smallest absolute Gasteiger partial charge is 0.0728 e. The predicted molar refractivity (Wildman–Crippen MR) is 61.4 cm³/mol. The van der Waals surface area contributed by atoms with Crippen LogP contribution in [0.1, 0.15) is 36.2 Å². The minimum absolute atomic E-state index is 0.531. The summed E-state index contributed by atoms with van der Waals surface area (Å²) in [6, 6.07) is 0. The molecule has 1 saturated heterocycles. The van der Waals surface area contributed by atoms with Gasteiger partial charge in [0.15, 0.2) is 0 Å². The lowest BCUT2D eigenvalue weighted by atomic mass is 9.87. The summed E-state index contributed by atoms with van der Waals surface area (Å²) in [4.78, 5) is 0. The van der Waals surface area contributed by atoms with Gasteiger partial charge in [-0.05, 0) is 50.8 Å². The number of H-pyrrole nitrogens is 1. The number of piperidine rings is 1. The van der Waals surface area contributed by atoms with Gasteiger partial charge in [-0.3, -0.25) is 5.10 Å². The Kier molecular flexibility index (Phi) is 2.48. The highest BCUT2D eigenvalue weighted by Crippen LogP contribution is 2.28. The molecule has 16 heavy (non-hydrogen) atoms. The zero-order valence-electron chi connectivity index (χ0n) is 9.55. The average molecular weight is 221 g/mol. The second-order valence-corrected chi connectivity index (χ2v) is 5.13. The summed E-state index contributed by atoms with van der Waals surface area (Å²) in [6.07, 6.45) is 5.90. The largest absolute Gasteiger partial charge is 0.389 e. The summed E-state index contributed by atoms with van der Waals surface area (Å²) in [6.45, 7) is 1.84. The molecule has 3 N–H and O–H groups in total. The number of aryl methyl sites for hydroxylation is 1. The van der Waals surface area contributed by atoms with Crippen LogP contribution in [-0.4, -0.2) is 34.0 Å². The molecular weight excluding hydrogens is 202 g/mol. The van der Waals surface area contributed by atoms with Crippen molar-refractivity contribution in [3.8, 4) is 0 Å². The van der Waals surface area contributed by atoms with Crippen LogP contribution >= 0.6 is 0 Å². The Balaban J connectivity index is 1.78. The third-order valence-electron chi connectivity index (χ3n) is 3.92. The van der Waals surface area contributed by atoms with Crippen LogP contribution in [0.5, 0.6) is 0 Å². The molecule has 0 spiro atoms. The normalized spacial score (nSPS) is 23.3. The zero-order chi connectivity index (χ0) is 11.0. The molecule has 3 rings (SSSR count). The number of aliphatic hydroxyl groups is 1. The van der Waals surface area contributed by atoms with Crippen molar-refractivity contribution in [3.05, 3.63) is 17.0 Å². The molecule has 1 aliphatic carbocycles. The second kappa shape index (κ2) is 3.86. The van der Waals surface area contributed by atoms with Gasteiger partial charge in [-0.1, -0.05) is 0 Å². The number of aromatic amines is 1. The minimum atomic E-state index is -0.531. The van der Waals surface area contributed by atoms with Gasteiger partial charge in [0.2, 0.25) is 0 Å². The van der Waals surface area contributed by atoms with Gasteiger partial charge >= 0.3 is 0 Å². The van der Waals surface area contributed by atoms with E-state index < -0.39 is 5.60 Å². The summed E-state index contributed by atoms with van der Waals surface area (Å²) in [5.74, 6) is 0. The van der Waals surface area contributed by atoms with Crippen LogP contribution in [-0.2, 0) is 19.3 Å². The van der Waals surface area contributed by atoms with Crippen LogP contribution < -0.4 is 5.32 Å². The number of fused-ring (bicyclic) bond motifs is 1. The maximum absolute atomic E-state index is 10.5. The van der Waals surface area contributed by atoms with Crippen molar-refractivity contribution in [1.29, 1.82) is 0 Å². The molecule has 1 aromatic rings. The maximum Gasteiger partial charge on any atom is 0.0728 e. The number of hydrogen-bond acceptors (Lipinski definition) is 3. The first-order valence-corrected chi connectivity index (χ1v) is 6.25. The summed E-state index contributed by atoms with van der Waals surface area (Å²) in [5, 5.41) is 21.3. The molecule has 4 nitrogen and oxygen atoms in total. The number of nitrogens with one attached hydrogen (secondary N) is 2. The van der Waals surface area contributed by atoms with E-state index in [0.717, 1.165) is 50.9 Å². The molecule has 0 bridgehead atoms. The fraction of sp³-hybridized carbons (Fsp3) is 0.750. The van der Waals surface area contributed by atoms with E-state index in [9.17, 15) is 5.11 Å². The standard InChI is InChI=1S/C12H19N3O/c16-12(4-6-13-7-5-12)8-11-9-2-1-3-10(9)14-15-11/h13,16H,1-8H2,(H,14,15). The minimum Gasteiger partial charge on any atom is -0.389 e. The Morgan fingerprint density at radius 1 is 1.25 bits per heavy atom. The molecule has 0 unspecified atom stereocenters. The molecule has 2 heterocycles. The average Bonchev–Trinajstić information content (AvgIpc) is 2.84. The van der Waals surface area contributed by atoms with Crippen molar-refractivity contribution < 1.29 is 5.11 Å². The van der Waals surface area contributed by atoms with Gasteiger partial charge in [0.05, 0.1) is 11.3 Å². The van der Waals surface area contributed by atoms with E-state index >= 15 is 0 Å². The molecule has 1 aromatic heterocycles. The molecular formula is C12H19N3O. The van der Waals surface area contributed by atoms with E-state index in [1.54, 1.807) is 0 Å². The van der Waals surface area contributed by atoms with Crippen molar-refractivity contribution in [1.82, 2.24) is 15.5 Å². The Labute approximate surface area is 95.4 Å². The van der Waals surface area contributed by atoms with Gasteiger partial charge in [0.1, 0.15) is 0 Å². The van der Waals surface area contributed by atoms with Crippen LogP contribution in [0.25, 0.3) is 0 Å². The van der Waals surface area contributed by atoms with E-state index in [4.69, 9.17) is 0 Å². The first-order valence-electron chi connectivity index (χ1n) is 6.25. The van der Waals surface area contributed by atoms with Gasteiger partial charge in [-0.2, -0.15) is 5.10 Å². The van der Waals surface area contributed by atoms with Gasteiger partial charge in [0.25, 0.3) is 0 Å². The van der Waals surface area contributed by atoms with E-state index in [0.29, 0.717) is 0 Å². The van der Waals surface area contributed by atoms with Crippen LogP contribution in [0.2, 0.25) is 0 Å². The van der Waals surface area contributed by atoms with E-state index in [2.05, 4.69) is 15.5 Å².